The molecule has 0 aromatic carbocycles. The van der Waals surface area contributed by atoms with Crippen LogP contribution in [0.25, 0.3) is 0 Å². The monoisotopic (exact) mass is 202 g/mol. The first-order valence-electron chi connectivity index (χ1n) is 4.96. The molecule has 2 unspecified atom stereocenters. The lowest BCUT2D eigenvalue weighted by molar-refractivity contribution is -0.142. The fourth-order valence-corrected chi connectivity index (χ4v) is 1.21. The van der Waals surface area contributed by atoms with Crippen LogP contribution in [0.5, 0.6) is 0 Å². The molecule has 0 aromatic rings. The summed E-state index contributed by atoms with van der Waals surface area (Å²) in [4.78, 5) is 13.2. The molecule has 0 aromatic heterocycles. The number of rotatable bonds is 6. The minimum Gasteiger partial charge on any atom is -0.468 e. The Kier molecular flexibility index (Phi) is 6.49. The molecule has 0 spiro atoms. The van der Waals surface area contributed by atoms with Crippen molar-refractivity contribution in [1.82, 2.24) is 10.2 Å². The van der Waals surface area contributed by atoms with E-state index in [4.69, 9.17) is 0 Å². The fraction of sp³-hybridized carbons (Fsp3) is 0.900. The minimum atomic E-state index is -0.225. The van der Waals surface area contributed by atoms with Crippen molar-refractivity contribution in [3.8, 4) is 0 Å². The summed E-state index contributed by atoms with van der Waals surface area (Å²) < 4.78 is 4.63. The first kappa shape index (κ1) is 13.4. The highest BCUT2D eigenvalue weighted by Crippen LogP contribution is 1.95. The van der Waals surface area contributed by atoms with Crippen LogP contribution in [-0.2, 0) is 9.53 Å². The van der Waals surface area contributed by atoms with E-state index in [1.54, 1.807) is 0 Å². The summed E-state index contributed by atoms with van der Waals surface area (Å²) in [5.41, 5.74) is 0. The van der Waals surface area contributed by atoms with Crippen LogP contribution >= 0.6 is 0 Å². The molecular weight excluding hydrogens is 180 g/mol. The Morgan fingerprint density at radius 3 is 2.43 bits per heavy atom. The van der Waals surface area contributed by atoms with Crippen LogP contribution in [0.15, 0.2) is 0 Å². The third kappa shape index (κ3) is 5.94. The molecule has 0 heterocycles. The maximum absolute atomic E-state index is 11.1. The predicted molar refractivity (Wildman–Crippen MR) is 57.2 cm³/mol. The molecule has 4 heteroatoms. The molecule has 0 saturated heterocycles. The van der Waals surface area contributed by atoms with Crippen molar-refractivity contribution in [2.24, 2.45) is 0 Å². The number of esters is 1. The van der Waals surface area contributed by atoms with Gasteiger partial charge in [0.25, 0.3) is 0 Å². The van der Waals surface area contributed by atoms with E-state index in [1.807, 2.05) is 21.0 Å². The highest BCUT2D eigenvalue weighted by molar-refractivity contribution is 5.75. The molecule has 0 aliphatic carbocycles. The Morgan fingerprint density at radius 2 is 2.00 bits per heavy atom. The molecule has 2 atom stereocenters. The van der Waals surface area contributed by atoms with Crippen LogP contribution in [0.1, 0.15) is 20.3 Å². The van der Waals surface area contributed by atoms with Gasteiger partial charge in [-0.1, -0.05) is 0 Å². The number of hydrogen-bond donors (Lipinski definition) is 1. The average molecular weight is 202 g/mol. The molecular formula is C10H22N2O2. The van der Waals surface area contributed by atoms with Gasteiger partial charge in [-0.2, -0.15) is 0 Å². The van der Waals surface area contributed by atoms with Gasteiger partial charge in [0.15, 0.2) is 0 Å². The van der Waals surface area contributed by atoms with Crippen molar-refractivity contribution >= 4 is 5.97 Å². The van der Waals surface area contributed by atoms with Crippen molar-refractivity contribution in [2.75, 3.05) is 27.7 Å². The zero-order chi connectivity index (χ0) is 11.1. The Morgan fingerprint density at radius 1 is 1.43 bits per heavy atom. The van der Waals surface area contributed by atoms with E-state index in [0.29, 0.717) is 6.04 Å². The minimum absolute atomic E-state index is 0.207. The second-order valence-corrected chi connectivity index (χ2v) is 3.90. The summed E-state index contributed by atoms with van der Waals surface area (Å²) in [7, 11) is 5.48. The third-order valence-electron chi connectivity index (χ3n) is 2.10. The summed E-state index contributed by atoms with van der Waals surface area (Å²) in [6, 6.07) is 0.101. The van der Waals surface area contributed by atoms with Crippen molar-refractivity contribution < 1.29 is 9.53 Å². The lowest BCUT2D eigenvalue weighted by atomic mass is 10.2. The normalized spacial score (nSPS) is 15.3. The first-order valence-corrected chi connectivity index (χ1v) is 4.96. The molecule has 84 valence electrons. The molecule has 4 nitrogen and oxygen atoms in total. The summed E-state index contributed by atoms with van der Waals surface area (Å²) >= 11 is 0. The molecule has 0 aliphatic heterocycles. The summed E-state index contributed by atoms with van der Waals surface area (Å²) in [5, 5.41) is 3.18. The first-order chi connectivity index (χ1) is 6.47. The van der Waals surface area contributed by atoms with Crippen molar-refractivity contribution in [3.05, 3.63) is 0 Å². The van der Waals surface area contributed by atoms with Gasteiger partial charge < -0.3 is 15.0 Å². The molecule has 0 rings (SSSR count). The van der Waals surface area contributed by atoms with Gasteiger partial charge in [-0.15, -0.1) is 0 Å². The second-order valence-electron chi connectivity index (χ2n) is 3.90. The van der Waals surface area contributed by atoms with Crippen LogP contribution in [0.2, 0.25) is 0 Å². The molecule has 0 radical (unpaired) electrons. The summed E-state index contributed by atoms with van der Waals surface area (Å²) in [6.45, 7) is 4.91. The van der Waals surface area contributed by atoms with E-state index in [2.05, 4.69) is 21.9 Å². The Balaban J connectivity index is 3.70. The average Bonchev–Trinajstić information content (AvgIpc) is 2.13. The SMILES string of the molecule is COC(=O)C(C)NC(C)CCN(C)C. The van der Waals surface area contributed by atoms with E-state index in [0.717, 1.165) is 13.0 Å². The quantitative estimate of drug-likeness (QED) is 0.636. The van der Waals surface area contributed by atoms with Crippen molar-refractivity contribution in [3.63, 3.8) is 0 Å². The maximum atomic E-state index is 11.1. The van der Waals surface area contributed by atoms with E-state index < -0.39 is 0 Å². The highest BCUT2D eigenvalue weighted by Gasteiger charge is 2.14. The van der Waals surface area contributed by atoms with Crippen LogP contribution in [0.4, 0.5) is 0 Å². The summed E-state index contributed by atoms with van der Waals surface area (Å²) in [6.07, 6.45) is 1.02. The fourth-order valence-electron chi connectivity index (χ4n) is 1.21. The van der Waals surface area contributed by atoms with Crippen molar-refractivity contribution in [1.29, 1.82) is 0 Å². The standard InChI is InChI=1S/C10H22N2O2/c1-8(6-7-12(3)4)11-9(2)10(13)14-5/h8-9,11H,6-7H2,1-5H3. The molecule has 0 saturated carbocycles. The Bertz CT molecular complexity index is 172. The zero-order valence-corrected chi connectivity index (χ0v) is 9.83. The van der Waals surface area contributed by atoms with Gasteiger partial charge >= 0.3 is 5.97 Å². The number of nitrogens with one attached hydrogen (secondary N) is 1. The van der Waals surface area contributed by atoms with Crippen LogP contribution < -0.4 is 5.32 Å². The number of methoxy groups -OCH3 is 1. The van der Waals surface area contributed by atoms with E-state index >= 15 is 0 Å². The number of carbonyl (C=O) groups excluding carboxylic acids is 1. The summed E-state index contributed by atoms with van der Waals surface area (Å²) in [5.74, 6) is -0.207. The van der Waals surface area contributed by atoms with Gasteiger partial charge in [-0.25, -0.2) is 0 Å². The number of carbonyl (C=O) groups is 1. The lowest BCUT2D eigenvalue weighted by Crippen LogP contribution is -2.41. The highest BCUT2D eigenvalue weighted by atomic mass is 16.5. The van der Waals surface area contributed by atoms with Crippen molar-refractivity contribution in [2.45, 2.75) is 32.4 Å². The van der Waals surface area contributed by atoms with Crippen LogP contribution in [0, 0.1) is 0 Å². The van der Waals surface area contributed by atoms with E-state index in [9.17, 15) is 4.79 Å². The number of hydrogen-bond acceptors (Lipinski definition) is 4. The van der Waals surface area contributed by atoms with Gasteiger partial charge in [0.2, 0.25) is 0 Å². The topological polar surface area (TPSA) is 41.6 Å². The molecule has 14 heavy (non-hydrogen) atoms. The number of ether oxygens (including phenoxy) is 1. The van der Waals surface area contributed by atoms with Gasteiger partial charge in [-0.3, -0.25) is 4.79 Å². The lowest BCUT2D eigenvalue weighted by Gasteiger charge is -2.19. The van der Waals surface area contributed by atoms with E-state index in [-0.39, 0.29) is 12.0 Å². The van der Waals surface area contributed by atoms with Gasteiger partial charge in [-0.05, 0) is 40.9 Å². The molecule has 0 amide bonds. The second kappa shape index (κ2) is 6.79. The third-order valence-corrected chi connectivity index (χ3v) is 2.10. The van der Waals surface area contributed by atoms with Gasteiger partial charge in [0, 0.05) is 6.04 Å². The number of nitrogens with zero attached hydrogens (tertiary/aromatic N) is 1. The van der Waals surface area contributed by atoms with Crippen LogP contribution in [-0.4, -0.2) is 50.7 Å². The predicted octanol–water partition coefficient (Wildman–Crippen LogP) is 0.478. The Hall–Kier alpha value is -0.610. The smallest absolute Gasteiger partial charge is 0.322 e. The maximum Gasteiger partial charge on any atom is 0.322 e. The van der Waals surface area contributed by atoms with Gasteiger partial charge in [0.05, 0.1) is 7.11 Å². The van der Waals surface area contributed by atoms with E-state index in [1.165, 1.54) is 7.11 Å². The zero-order valence-electron chi connectivity index (χ0n) is 9.83. The van der Waals surface area contributed by atoms with Crippen LogP contribution in [0.3, 0.4) is 0 Å². The molecule has 0 fully saturated rings. The largest absolute Gasteiger partial charge is 0.468 e. The van der Waals surface area contributed by atoms with Gasteiger partial charge in [0.1, 0.15) is 6.04 Å². The molecule has 1 N–H and O–H groups in total. The molecule has 0 aliphatic rings. The Labute approximate surface area is 86.6 Å². The molecule has 0 bridgehead atoms.